The Morgan fingerprint density at radius 3 is 2.65 bits per heavy atom. The van der Waals surface area contributed by atoms with Gasteiger partial charge in [-0.05, 0) is 62.3 Å². The van der Waals surface area contributed by atoms with E-state index in [4.69, 9.17) is 5.11 Å². The Hall–Kier alpha value is -1.07. The van der Waals surface area contributed by atoms with E-state index in [1.165, 1.54) is 0 Å². The molecule has 0 spiro atoms. The number of nitrogens with one attached hydrogen (secondary N) is 2. The van der Waals surface area contributed by atoms with Crippen molar-refractivity contribution in [3.05, 3.63) is 28.2 Å². The predicted molar refractivity (Wildman–Crippen MR) is 83.9 cm³/mol. The number of hydrogen-bond donors (Lipinski definition) is 3. The molecule has 110 valence electrons. The molecule has 20 heavy (non-hydrogen) atoms. The van der Waals surface area contributed by atoms with Crippen LogP contribution in [0.2, 0.25) is 0 Å². The second-order valence-electron chi connectivity index (χ2n) is 5.46. The van der Waals surface area contributed by atoms with Crippen LogP contribution in [0.3, 0.4) is 0 Å². The van der Waals surface area contributed by atoms with Crippen LogP contribution in [0, 0.1) is 12.8 Å². The first-order chi connectivity index (χ1) is 9.58. The van der Waals surface area contributed by atoms with Gasteiger partial charge in [-0.1, -0.05) is 15.9 Å². The Labute approximate surface area is 128 Å². The summed E-state index contributed by atoms with van der Waals surface area (Å²) in [6.45, 7) is 2.25. The van der Waals surface area contributed by atoms with E-state index in [2.05, 4.69) is 26.6 Å². The molecule has 0 atom stereocenters. The maximum atomic E-state index is 11.9. The fourth-order valence-corrected chi connectivity index (χ4v) is 2.81. The van der Waals surface area contributed by atoms with Crippen molar-refractivity contribution in [2.45, 2.75) is 38.6 Å². The summed E-state index contributed by atoms with van der Waals surface area (Å²) in [6.07, 6.45) is 3.85. The Morgan fingerprint density at radius 1 is 1.35 bits per heavy atom. The van der Waals surface area contributed by atoms with Crippen molar-refractivity contribution in [2.24, 2.45) is 5.92 Å². The second kappa shape index (κ2) is 7.09. The summed E-state index contributed by atoms with van der Waals surface area (Å²) in [6, 6.07) is 5.80. The lowest BCUT2D eigenvalue weighted by Crippen LogP contribution is -2.40. The maximum absolute atomic E-state index is 11.9. The first-order valence-corrected chi connectivity index (χ1v) is 7.82. The third-order valence-electron chi connectivity index (χ3n) is 3.86. The molecule has 0 heterocycles. The number of hydrogen-bond acceptors (Lipinski definition) is 2. The van der Waals surface area contributed by atoms with E-state index >= 15 is 0 Å². The summed E-state index contributed by atoms with van der Waals surface area (Å²) in [7, 11) is 0. The highest BCUT2D eigenvalue weighted by molar-refractivity contribution is 9.10. The molecule has 3 N–H and O–H groups in total. The number of urea groups is 1. The van der Waals surface area contributed by atoms with Crippen LogP contribution in [-0.2, 0) is 0 Å². The third kappa shape index (κ3) is 4.21. The van der Waals surface area contributed by atoms with E-state index in [-0.39, 0.29) is 18.7 Å². The standard InChI is InChI=1S/C15H21BrN2O2/c1-10-8-13(6-7-14(10)16)18-15(20)17-12-4-2-11(9-19)3-5-12/h6-8,11-12,19H,2-5,9H2,1H3,(H2,17,18,20). The van der Waals surface area contributed by atoms with Crippen molar-refractivity contribution in [1.82, 2.24) is 5.32 Å². The van der Waals surface area contributed by atoms with Crippen molar-refractivity contribution in [2.75, 3.05) is 11.9 Å². The Balaban J connectivity index is 1.82. The van der Waals surface area contributed by atoms with Crippen molar-refractivity contribution in [3.8, 4) is 0 Å². The largest absolute Gasteiger partial charge is 0.396 e. The topological polar surface area (TPSA) is 61.4 Å². The lowest BCUT2D eigenvalue weighted by Gasteiger charge is -2.28. The molecule has 1 aliphatic rings. The van der Waals surface area contributed by atoms with Crippen LogP contribution in [0.25, 0.3) is 0 Å². The summed E-state index contributed by atoms with van der Waals surface area (Å²) < 4.78 is 1.03. The van der Waals surface area contributed by atoms with Gasteiger partial charge >= 0.3 is 6.03 Å². The molecule has 5 heteroatoms. The quantitative estimate of drug-likeness (QED) is 0.789. The Kier molecular flexibility index (Phi) is 5.43. The number of aliphatic hydroxyl groups excluding tert-OH is 1. The van der Waals surface area contributed by atoms with E-state index in [1.54, 1.807) is 0 Å². The van der Waals surface area contributed by atoms with Gasteiger partial charge in [-0.15, -0.1) is 0 Å². The van der Waals surface area contributed by atoms with Gasteiger partial charge in [-0.3, -0.25) is 0 Å². The lowest BCUT2D eigenvalue weighted by molar-refractivity contribution is 0.176. The van der Waals surface area contributed by atoms with Gasteiger partial charge in [0.25, 0.3) is 0 Å². The first kappa shape index (κ1) is 15.3. The van der Waals surface area contributed by atoms with Gasteiger partial charge in [0.15, 0.2) is 0 Å². The molecule has 0 aliphatic heterocycles. The third-order valence-corrected chi connectivity index (χ3v) is 4.75. The highest BCUT2D eigenvalue weighted by Gasteiger charge is 2.21. The molecule has 2 rings (SSSR count). The minimum atomic E-state index is -0.154. The van der Waals surface area contributed by atoms with Gasteiger partial charge in [0, 0.05) is 22.8 Å². The van der Waals surface area contributed by atoms with E-state index in [1.807, 2.05) is 25.1 Å². The van der Waals surface area contributed by atoms with Gasteiger partial charge in [-0.2, -0.15) is 0 Å². The molecular formula is C15H21BrN2O2. The zero-order chi connectivity index (χ0) is 14.5. The van der Waals surface area contributed by atoms with E-state index in [0.717, 1.165) is 41.4 Å². The molecule has 0 bridgehead atoms. The normalized spacial score (nSPS) is 22.4. The lowest BCUT2D eigenvalue weighted by atomic mass is 9.87. The predicted octanol–water partition coefficient (Wildman–Crippen LogP) is 3.43. The van der Waals surface area contributed by atoms with Crippen LogP contribution in [0.5, 0.6) is 0 Å². The number of carbonyl (C=O) groups excluding carboxylic acids is 1. The highest BCUT2D eigenvalue weighted by atomic mass is 79.9. The van der Waals surface area contributed by atoms with Gasteiger partial charge in [-0.25, -0.2) is 4.79 Å². The van der Waals surface area contributed by atoms with Gasteiger partial charge in [0.05, 0.1) is 0 Å². The number of halogens is 1. The van der Waals surface area contributed by atoms with Crippen LogP contribution in [-0.4, -0.2) is 23.8 Å². The molecular weight excluding hydrogens is 320 g/mol. The van der Waals surface area contributed by atoms with Crippen LogP contribution in [0.15, 0.2) is 22.7 Å². The summed E-state index contributed by atoms with van der Waals surface area (Å²) >= 11 is 3.44. The van der Waals surface area contributed by atoms with E-state index in [0.29, 0.717) is 5.92 Å². The van der Waals surface area contributed by atoms with Gasteiger partial charge in [0.1, 0.15) is 0 Å². The van der Waals surface area contributed by atoms with Crippen LogP contribution < -0.4 is 10.6 Å². The Morgan fingerprint density at radius 2 is 2.05 bits per heavy atom. The molecule has 0 aromatic heterocycles. The molecule has 0 unspecified atom stereocenters. The zero-order valence-corrected chi connectivity index (χ0v) is 13.2. The van der Waals surface area contributed by atoms with Crippen molar-refractivity contribution < 1.29 is 9.90 Å². The van der Waals surface area contributed by atoms with Gasteiger partial charge in [0.2, 0.25) is 0 Å². The van der Waals surface area contributed by atoms with Crippen molar-refractivity contribution >= 4 is 27.6 Å². The molecule has 1 aromatic carbocycles. The molecule has 0 saturated heterocycles. The molecule has 1 saturated carbocycles. The van der Waals surface area contributed by atoms with Crippen molar-refractivity contribution in [3.63, 3.8) is 0 Å². The van der Waals surface area contributed by atoms with Gasteiger partial charge < -0.3 is 15.7 Å². The number of aliphatic hydroxyl groups is 1. The smallest absolute Gasteiger partial charge is 0.319 e. The van der Waals surface area contributed by atoms with Crippen LogP contribution in [0.1, 0.15) is 31.2 Å². The summed E-state index contributed by atoms with van der Waals surface area (Å²) in [5.41, 5.74) is 1.89. The number of carbonyl (C=O) groups is 1. The number of rotatable bonds is 3. The van der Waals surface area contributed by atoms with Crippen LogP contribution in [0.4, 0.5) is 10.5 Å². The monoisotopic (exact) mass is 340 g/mol. The fourth-order valence-electron chi connectivity index (χ4n) is 2.56. The molecule has 4 nitrogen and oxygen atoms in total. The SMILES string of the molecule is Cc1cc(NC(=O)NC2CCC(CO)CC2)ccc1Br. The summed E-state index contributed by atoms with van der Waals surface area (Å²) in [5, 5.41) is 15.0. The van der Waals surface area contributed by atoms with Crippen molar-refractivity contribution in [1.29, 1.82) is 0 Å². The molecule has 2 amide bonds. The number of benzene rings is 1. The average Bonchev–Trinajstić information content (AvgIpc) is 2.44. The molecule has 1 fully saturated rings. The van der Waals surface area contributed by atoms with Crippen LogP contribution >= 0.6 is 15.9 Å². The molecule has 1 aromatic rings. The fraction of sp³-hybridized carbons (Fsp3) is 0.533. The minimum Gasteiger partial charge on any atom is -0.396 e. The van der Waals surface area contributed by atoms with E-state index in [9.17, 15) is 4.79 Å². The average molecular weight is 341 g/mol. The first-order valence-electron chi connectivity index (χ1n) is 7.03. The summed E-state index contributed by atoms with van der Waals surface area (Å²) in [4.78, 5) is 11.9. The zero-order valence-electron chi connectivity index (χ0n) is 11.7. The number of aryl methyl sites for hydroxylation is 1. The minimum absolute atomic E-state index is 0.154. The highest BCUT2D eigenvalue weighted by Crippen LogP contribution is 2.24. The maximum Gasteiger partial charge on any atom is 0.319 e. The van der Waals surface area contributed by atoms with E-state index < -0.39 is 0 Å². The summed E-state index contributed by atoms with van der Waals surface area (Å²) in [5.74, 6) is 0.408. The molecule has 0 radical (unpaired) electrons. The Bertz CT molecular complexity index is 471. The second-order valence-corrected chi connectivity index (χ2v) is 6.32. The number of anilines is 1. The molecule has 1 aliphatic carbocycles. The number of amides is 2.